The molecule has 0 unspecified atom stereocenters. The summed E-state index contributed by atoms with van der Waals surface area (Å²) in [5.74, 6) is -4.71. The topological polar surface area (TPSA) is 105 Å². The lowest BCUT2D eigenvalue weighted by molar-refractivity contribution is -0.147. The number of amides is 3. The van der Waals surface area contributed by atoms with E-state index in [1.807, 2.05) is 10.9 Å². The Balaban J connectivity index is 1.58. The number of carbonyl (C=O) groups excluding carboxylic acids is 3. The number of hydrogen-bond acceptors (Lipinski definition) is 4. The predicted molar refractivity (Wildman–Crippen MR) is 99.8 cm³/mol. The first-order chi connectivity index (χ1) is 14.7. The summed E-state index contributed by atoms with van der Waals surface area (Å²) in [4.78, 5) is 39.2. The van der Waals surface area contributed by atoms with Gasteiger partial charge in [0.1, 0.15) is 12.4 Å². The Morgan fingerprint density at radius 2 is 1.58 bits per heavy atom. The van der Waals surface area contributed by atoms with Gasteiger partial charge in [0.2, 0.25) is 5.82 Å². The normalized spacial score (nSPS) is 11.2. The Morgan fingerprint density at radius 3 is 2.29 bits per heavy atom. The lowest BCUT2D eigenvalue weighted by Crippen LogP contribution is -2.47. The largest absolute Gasteiger partial charge is 0.449 e. The molecular formula is C19H15F4N5O3. The zero-order valence-corrected chi connectivity index (χ0v) is 15.7. The van der Waals surface area contributed by atoms with Gasteiger partial charge in [0.25, 0.3) is 17.7 Å². The molecule has 1 aromatic heterocycles. The second kappa shape index (κ2) is 8.81. The van der Waals surface area contributed by atoms with E-state index >= 15 is 0 Å². The lowest BCUT2D eigenvalue weighted by Gasteiger charge is -2.12. The summed E-state index contributed by atoms with van der Waals surface area (Å²) in [6.45, 7) is -1.37. The van der Waals surface area contributed by atoms with Crippen molar-refractivity contribution >= 4 is 28.8 Å². The number of hydrogen-bond donors (Lipinski definition) is 3. The molecule has 3 amide bonds. The van der Waals surface area contributed by atoms with E-state index in [2.05, 4.69) is 10.3 Å². The van der Waals surface area contributed by atoms with Crippen LogP contribution in [0, 0.1) is 5.82 Å². The average molecular weight is 437 g/mol. The Morgan fingerprint density at radius 1 is 0.935 bits per heavy atom. The molecule has 3 aromatic rings. The van der Waals surface area contributed by atoms with Gasteiger partial charge in [0, 0.05) is 0 Å². The van der Waals surface area contributed by atoms with Gasteiger partial charge < -0.3 is 9.88 Å². The Labute approximate surface area is 172 Å². The molecule has 0 aliphatic carbocycles. The first-order valence-corrected chi connectivity index (χ1v) is 8.79. The van der Waals surface area contributed by atoms with Crippen molar-refractivity contribution in [1.82, 2.24) is 25.7 Å². The van der Waals surface area contributed by atoms with Crippen molar-refractivity contribution in [2.24, 2.45) is 0 Å². The molecule has 0 aliphatic heterocycles. The van der Waals surface area contributed by atoms with Crippen LogP contribution in [-0.4, -0.2) is 33.8 Å². The summed E-state index contributed by atoms with van der Waals surface area (Å²) >= 11 is 0. The summed E-state index contributed by atoms with van der Waals surface area (Å²) in [6.07, 6.45) is -4.79. The van der Waals surface area contributed by atoms with Crippen LogP contribution in [0.4, 0.5) is 17.6 Å². The Bertz CT molecular complexity index is 1140. The number of benzene rings is 2. The maximum absolute atomic E-state index is 13.5. The molecule has 0 aliphatic rings. The molecule has 162 valence electrons. The highest BCUT2D eigenvalue weighted by Crippen LogP contribution is 2.31. The highest BCUT2D eigenvalue weighted by molar-refractivity contribution is 5.96. The second-order valence-corrected chi connectivity index (χ2v) is 6.27. The van der Waals surface area contributed by atoms with Crippen LogP contribution in [0.2, 0.25) is 0 Å². The summed E-state index contributed by atoms with van der Waals surface area (Å²) in [5.41, 5.74) is 3.80. The molecule has 1 heterocycles. The van der Waals surface area contributed by atoms with E-state index in [-0.39, 0.29) is 16.6 Å². The minimum atomic E-state index is -4.79. The predicted octanol–water partition coefficient (Wildman–Crippen LogP) is 1.77. The SMILES string of the molecule is O=C(CNC(=O)c1ccccc1F)NNC(=O)Cn1c(C(F)(F)F)nc2ccccc21. The van der Waals surface area contributed by atoms with E-state index < -0.39 is 48.6 Å². The first-order valence-electron chi connectivity index (χ1n) is 8.79. The second-order valence-electron chi connectivity index (χ2n) is 6.27. The number of rotatable bonds is 5. The first kappa shape index (κ1) is 21.7. The smallest absolute Gasteiger partial charge is 0.343 e. The van der Waals surface area contributed by atoms with Gasteiger partial charge in [-0.05, 0) is 24.3 Å². The number of carbonyl (C=O) groups is 3. The fraction of sp³-hybridized carbons (Fsp3) is 0.158. The molecule has 0 spiro atoms. The van der Waals surface area contributed by atoms with Crippen LogP contribution in [0.25, 0.3) is 11.0 Å². The van der Waals surface area contributed by atoms with Crippen LogP contribution in [0.5, 0.6) is 0 Å². The molecule has 0 atom stereocenters. The molecule has 2 aromatic carbocycles. The van der Waals surface area contributed by atoms with Gasteiger partial charge >= 0.3 is 6.18 Å². The van der Waals surface area contributed by atoms with Crippen molar-refractivity contribution in [2.45, 2.75) is 12.7 Å². The summed E-state index contributed by atoms with van der Waals surface area (Å²) < 4.78 is 53.9. The van der Waals surface area contributed by atoms with Crippen LogP contribution in [-0.2, 0) is 22.3 Å². The number of nitrogens with one attached hydrogen (secondary N) is 3. The number of aromatic nitrogens is 2. The van der Waals surface area contributed by atoms with E-state index in [1.54, 1.807) is 0 Å². The van der Waals surface area contributed by atoms with Gasteiger partial charge in [-0.1, -0.05) is 24.3 Å². The van der Waals surface area contributed by atoms with Crippen molar-refractivity contribution < 1.29 is 31.9 Å². The third-order valence-corrected chi connectivity index (χ3v) is 4.08. The Kier molecular flexibility index (Phi) is 6.18. The molecule has 12 heteroatoms. The summed E-state index contributed by atoms with van der Waals surface area (Å²) in [6, 6.07) is 10.9. The number of hydrazine groups is 1. The van der Waals surface area contributed by atoms with Crippen LogP contribution < -0.4 is 16.2 Å². The van der Waals surface area contributed by atoms with Crippen LogP contribution >= 0.6 is 0 Å². The van der Waals surface area contributed by atoms with Crippen molar-refractivity contribution in [2.75, 3.05) is 6.54 Å². The molecule has 3 rings (SSSR count). The molecule has 0 fully saturated rings. The number of para-hydroxylation sites is 2. The average Bonchev–Trinajstić information content (AvgIpc) is 3.10. The minimum Gasteiger partial charge on any atom is -0.343 e. The van der Waals surface area contributed by atoms with E-state index in [0.29, 0.717) is 4.57 Å². The number of imidazole rings is 1. The number of halogens is 4. The Hall–Kier alpha value is -3.96. The highest BCUT2D eigenvalue weighted by Gasteiger charge is 2.38. The monoisotopic (exact) mass is 437 g/mol. The van der Waals surface area contributed by atoms with Crippen LogP contribution in [0.15, 0.2) is 48.5 Å². The summed E-state index contributed by atoms with van der Waals surface area (Å²) in [5, 5.41) is 2.16. The molecular weight excluding hydrogens is 422 g/mol. The standard InChI is InChI=1S/C19H15F4N5O3/c20-12-6-2-1-5-11(12)17(31)24-9-15(29)26-27-16(30)10-28-14-8-4-3-7-13(14)25-18(28)19(21,22)23/h1-8H,9-10H2,(H,24,31)(H,26,29)(H,27,30). The fourth-order valence-electron chi connectivity index (χ4n) is 2.72. The molecule has 3 N–H and O–H groups in total. The molecule has 0 radical (unpaired) electrons. The zero-order chi connectivity index (χ0) is 22.6. The third-order valence-electron chi connectivity index (χ3n) is 4.08. The van der Waals surface area contributed by atoms with E-state index in [1.165, 1.54) is 42.5 Å². The van der Waals surface area contributed by atoms with Gasteiger partial charge in [-0.3, -0.25) is 25.2 Å². The number of nitrogens with zero attached hydrogens (tertiary/aromatic N) is 2. The zero-order valence-electron chi connectivity index (χ0n) is 15.7. The molecule has 31 heavy (non-hydrogen) atoms. The highest BCUT2D eigenvalue weighted by atomic mass is 19.4. The third kappa shape index (κ3) is 5.15. The van der Waals surface area contributed by atoms with Gasteiger partial charge in [0.15, 0.2) is 0 Å². The number of alkyl halides is 3. The van der Waals surface area contributed by atoms with E-state index in [0.717, 1.165) is 6.07 Å². The van der Waals surface area contributed by atoms with E-state index in [9.17, 15) is 31.9 Å². The van der Waals surface area contributed by atoms with Gasteiger partial charge in [-0.2, -0.15) is 13.2 Å². The van der Waals surface area contributed by atoms with Crippen molar-refractivity contribution in [3.05, 3.63) is 65.7 Å². The fourth-order valence-corrected chi connectivity index (χ4v) is 2.72. The molecule has 0 saturated carbocycles. The van der Waals surface area contributed by atoms with Crippen LogP contribution in [0.3, 0.4) is 0 Å². The maximum atomic E-state index is 13.5. The maximum Gasteiger partial charge on any atom is 0.449 e. The summed E-state index contributed by atoms with van der Waals surface area (Å²) in [7, 11) is 0. The van der Waals surface area contributed by atoms with Gasteiger partial charge in [0.05, 0.1) is 23.1 Å². The van der Waals surface area contributed by atoms with Crippen molar-refractivity contribution in [3.8, 4) is 0 Å². The number of fused-ring (bicyclic) bond motifs is 1. The molecule has 0 bridgehead atoms. The van der Waals surface area contributed by atoms with Crippen molar-refractivity contribution in [3.63, 3.8) is 0 Å². The van der Waals surface area contributed by atoms with Crippen molar-refractivity contribution in [1.29, 1.82) is 0 Å². The molecule has 8 nitrogen and oxygen atoms in total. The quantitative estimate of drug-likeness (QED) is 0.418. The van der Waals surface area contributed by atoms with Gasteiger partial charge in [-0.15, -0.1) is 0 Å². The van der Waals surface area contributed by atoms with E-state index in [4.69, 9.17) is 0 Å². The lowest BCUT2D eigenvalue weighted by atomic mass is 10.2. The molecule has 0 saturated heterocycles. The van der Waals surface area contributed by atoms with Gasteiger partial charge in [-0.25, -0.2) is 9.37 Å². The minimum absolute atomic E-state index is 0.0579. The van der Waals surface area contributed by atoms with Crippen LogP contribution in [0.1, 0.15) is 16.2 Å².